The molecule has 1 rings (SSSR count). The summed E-state index contributed by atoms with van der Waals surface area (Å²) < 4.78 is 4.60. The van der Waals surface area contributed by atoms with Gasteiger partial charge in [-0.05, 0) is 5.56 Å². The molecule has 106 valence electrons. The largest absolute Gasteiger partial charge is 1.00 e. The number of esters is 1. The van der Waals surface area contributed by atoms with Crippen LogP contribution in [0, 0.1) is 5.92 Å². The minimum Gasteiger partial charge on any atom is -1.00 e. The Morgan fingerprint density at radius 2 is 1.84 bits per heavy atom. The molecule has 0 aliphatic rings. The number of carbonyl (C=O) groups is 2. The molecular weight excluding hydrogens is 266 g/mol. The van der Waals surface area contributed by atoms with E-state index in [0.717, 1.165) is 5.56 Å². The van der Waals surface area contributed by atoms with E-state index in [9.17, 15) is 9.59 Å². The number of methoxy groups -OCH3 is 1. The highest BCUT2D eigenvalue weighted by atomic mass is 35.5. The number of halogens is 1. The van der Waals surface area contributed by atoms with Gasteiger partial charge in [0, 0.05) is 12.8 Å². The number of ketones is 1. The van der Waals surface area contributed by atoms with Gasteiger partial charge in [0.15, 0.2) is 5.78 Å². The van der Waals surface area contributed by atoms with Crippen LogP contribution in [0.2, 0.25) is 0 Å². The molecule has 1 aromatic rings. The van der Waals surface area contributed by atoms with Crippen molar-refractivity contribution in [3.05, 3.63) is 35.9 Å². The monoisotopic (exact) mass is 285 g/mol. The van der Waals surface area contributed by atoms with E-state index in [2.05, 4.69) is 10.5 Å². The smallest absolute Gasteiger partial charge is 0.308 e. The third-order valence-electron chi connectivity index (χ3n) is 2.89. The lowest BCUT2D eigenvalue weighted by molar-refractivity contribution is -0.402. The van der Waals surface area contributed by atoms with Crippen molar-refractivity contribution in [3.8, 4) is 0 Å². The van der Waals surface area contributed by atoms with Gasteiger partial charge < -0.3 is 22.9 Å². The zero-order valence-corrected chi connectivity index (χ0v) is 12.0. The molecule has 0 aliphatic carbocycles. The average molecular weight is 286 g/mol. The number of rotatable bonds is 6. The lowest BCUT2D eigenvalue weighted by atomic mass is 9.96. The third-order valence-corrected chi connectivity index (χ3v) is 2.89. The van der Waals surface area contributed by atoms with Gasteiger partial charge in [0.2, 0.25) is 0 Å². The van der Waals surface area contributed by atoms with Gasteiger partial charge >= 0.3 is 5.97 Å². The number of quaternary nitrogens is 1. The van der Waals surface area contributed by atoms with Crippen molar-refractivity contribution in [2.45, 2.75) is 25.8 Å². The third kappa shape index (κ3) is 5.85. The number of hydrogen-bond acceptors (Lipinski definition) is 3. The highest BCUT2D eigenvalue weighted by Gasteiger charge is 2.23. The van der Waals surface area contributed by atoms with E-state index in [1.165, 1.54) is 7.11 Å². The molecular formula is C14H20ClNO3. The topological polar surface area (TPSA) is 71.0 Å². The molecule has 0 fully saturated rings. The second kappa shape index (κ2) is 8.67. The van der Waals surface area contributed by atoms with Crippen molar-refractivity contribution in [1.29, 1.82) is 0 Å². The summed E-state index contributed by atoms with van der Waals surface area (Å²) in [7, 11) is 1.33. The van der Waals surface area contributed by atoms with Crippen LogP contribution >= 0.6 is 0 Å². The zero-order chi connectivity index (χ0) is 13.5. The molecule has 0 radical (unpaired) electrons. The van der Waals surface area contributed by atoms with Crippen molar-refractivity contribution < 1.29 is 32.5 Å². The Labute approximate surface area is 119 Å². The fraction of sp³-hybridized carbons (Fsp3) is 0.429. The van der Waals surface area contributed by atoms with E-state index < -0.39 is 5.92 Å². The summed E-state index contributed by atoms with van der Waals surface area (Å²) in [6.45, 7) is 1.69. The first-order valence-electron chi connectivity index (χ1n) is 6.02. The van der Waals surface area contributed by atoms with Crippen molar-refractivity contribution in [2.24, 2.45) is 5.92 Å². The Kier molecular flexibility index (Phi) is 8.03. The summed E-state index contributed by atoms with van der Waals surface area (Å²) in [5.41, 5.74) is 4.95. The van der Waals surface area contributed by atoms with Gasteiger partial charge in [-0.15, -0.1) is 0 Å². The van der Waals surface area contributed by atoms with Crippen LogP contribution in [0.4, 0.5) is 0 Å². The highest BCUT2D eigenvalue weighted by Crippen LogP contribution is 2.08. The quantitative estimate of drug-likeness (QED) is 0.593. The summed E-state index contributed by atoms with van der Waals surface area (Å²) in [6.07, 6.45) is 0.793. The van der Waals surface area contributed by atoms with Gasteiger partial charge in [-0.1, -0.05) is 37.3 Å². The van der Waals surface area contributed by atoms with Crippen LogP contribution in [0.1, 0.15) is 18.9 Å². The van der Waals surface area contributed by atoms with E-state index in [4.69, 9.17) is 0 Å². The van der Waals surface area contributed by atoms with Crippen LogP contribution in [0.5, 0.6) is 0 Å². The lowest BCUT2D eigenvalue weighted by Crippen LogP contribution is -3.00. The maximum absolute atomic E-state index is 11.9. The summed E-state index contributed by atoms with van der Waals surface area (Å²) in [4.78, 5) is 23.1. The molecule has 0 aliphatic heterocycles. The van der Waals surface area contributed by atoms with Crippen LogP contribution in [0.3, 0.4) is 0 Å². The number of carbonyl (C=O) groups excluding carboxylic acids is 2. The van der Waals surface area contributed by atoms with E-state index in [-0.39, 0.29) is 36.6 Å². The first-order chi connectivity index (χ1) is 8.54. The summed E-state index contributed by atoms with van der Waals surface area (Å²) >= 11 is 0. The van der Waals surface area contributed by atoms with Crippen LogP contribution in [-0.2, 0) is 20.7 Å². The molecule has 1 aromatic carbocycles. The second-order valence-electron chi connectivity index (χ2n) is 4.48. The molecule has 5 heteroatoms. The minimum absolute atomic E-state index is 0. The second-order valence-corrected chi connectivity index (χ2v) is 4.48. The van der Waals surface area contributed by atoms with Crippen LogP contribution in [0.15, 0.2) is 30.3 Å². The predicted molar refractivity (Wildman–Crippen MR) is 67.6 cm³/mol. The zero-order valence-electron chi connectivity index (χ0n) is 11.3. The lowest BCUT2D eigenvalue weighted by Gasteiger charge is -2.11. The first-order valence-corrected chi connectivity index (χ1v) is 6.02. The fourth-order valence-corrected chi connectivity index (χ4v) is 1.77. The average Bonchev–Trinajstić information content (AvgIpc) is 2.38. The maximum Gasteiger partial charge on any atom is 0.308 e. The molecule has 3 N–H and O–H groups in total. The van der Waals surface area contributed by atoms with Crippen LogP contribution in [0.25, 0.3) is 0 Å². The standard InChI is InChI=1S/C14H19NO3.ClH/c1-10(14(17)18-2)8-13(16)12(15)9-11-6-4-3-5-7-11;/h3-7,10,12H,8-9,15H2,1-2H3;1H/t10-,12+;/m1./s1. The van der Waals surface area contributed by atoms with Crippen molar-refractivity contribution >= 4 is 11.8 Å². The van der Waals surface area contributed by atoms with E-state index in [1.54, 1.807) is 6.92 Å². The normalized spacial score (nSPS) is 13.0. The maximum atomic E-state index is 11.9. The van der Waals surface area contributed by atoms with Crippen molar-refractivity contribution in [2.75, 3.05) is 7.11 Å². The molecule has 0 saturated heterocycles. The molecule has 2 atom stereocenters. The number of hydrogen-bond donors (Lipinski definition) is 1. The van der Waals surface area contributed by atoms with Crippen molar-refractivity contribution in [3.63, 3.8) is 0 Å². The fourth-order valence-electron chi connectivity index (χ4n) is 1.77. The molecule has 0 saturated carbocycles. The molecule has 0 amide bonds. The number of Topliss-reactive ketones (excluding diaryl/α,β-unsaturated/α-hetero) is 1. The van der Waals surface area contributed by atoms with Gasteiger partial charge in [0.25, 0.3) is 0 Å². The van der Waals surface area contributed by atoms with Crippen LogP contribution in [-0.4, -0.2) is 24.9 Å². The predicted octanol–water partition coefficient (Wildman–Crippen LogP) is -2.39. The molecule has 0 unspecified atom stereocenters. The summed E-state index contributed by atoms with van der Waals surface area (Å²) in [6, 6.07) is 9.42. The van der Waals surface area contributed by atoms with Crippen molar-refractivity contribution in [1.82, 2.24) is 0 Å². The Morgan fingerprint density at radius 3 is 2.37 bits per heavy atom. The van der Waals surface area contributed by atoms with Crippen LogP contribution < -0.4 is 18.1 Å². The van der Waals surface area contributed by atoms with Gasteiger partial charge in [-0.3, -0.25) is 9.59 Å². The molecule has 0 aromatic heterocycles. The van der Waals surface area contributed by atoms with Gasteiger partial charge in [0.05, 0.1) is 13.0 Å². The molecule has 0 heterocycles. The Balaban J connectivity index is 0.00000324. The molecule has 0 spiro atoms. The van der Waals surface area contributed by atoms with Gasteiger partial charge in [-0.2, -0.15) is 0 Å². The van der Waals surface area contributed by atoms with E-state index in [1.807, 2.05) is 30.3 Å². The van der Waals surface area contributed by atoms with Gasteiger partial charge in [0.1, 0.15) is 6.04 Å². The Hall–Kier alpha value is -1.39. The number of ether oxygens (including phenoxy) is 1. The SMILES string of the molecule is COC(=O)[C@H](C)CC(=O)[C@@H]([NH3+])Cc1ccccc1.[Cl-]. The minimum atomic E-state index is -0.400. The summed E-state index contributed by atoms with van der Waals surface area (Å²) in [5.74, 6) is -0.755. The highest BCUT2D eigenvalue weighted by molar-refractivity contribution is 5.87. The molecule has 19 heavy (non-hydrogen) atoms. The van der Waals surface area contributed by atoms with E-state index >= 15 is 0 Å². The first kappa shape index (κ1) is 17.6. The molecule has 4 nitrogen and oxygen atoms in total. The Morgan fingerprint density at radius 1 is 1.26 bits per heavy atom. The summed E-state index contributed by atoms with van der Waals surface area (Å²) in [5, 5.41) is 0. The number of benzene rings is 1. The Bertz CT molecular complexity index is 408. The van der Waals surface area contributed by atoms with Gasteiger partial charge in [-0.25, -0.2) is 0 Å². The van der Waals surface area contributed by atoms with E-state index in [0.29, 0.717) is 6.42 Å². The molecule has 0 bridgehead atoms.